The van der Waals surface area contributed by atoms with Crippen molar-refractivity contribution in [2.24, 2.45) is 0 Å². The summed E-state index contributed by atoms with van der Waals surface area (Å²) in [4.78, 5) is 8.24. The molecule has 0 saturated carbocycles. The molecule has 0 aliphatic rings. The molecule has 0 aromatic carbocycles. The summed E-state index contributed by atoms with van der Waals surface area (Å²) >= 11 is 5.77. The van der Waals surface area contributed by atoms with Crippen LogP contribution in [0, 0.1) is 0 Å². The maximum atomic E-state index is 12.5. The first-order valence-corrected chi connectivity index (χ1v) is 9.15. The van der Waals surface area contributed by atoms with Gasteiger partial charge in [-0.3, -0.25) is 9.29 Å². The van der Waals surface area contributed by atoms with Gasteiger partial charge in [-0.1, -0.05) is 11.6 Å². The molecule has 0 aliphatic heterocycles. The van der Waals surface area contributed by atoms with Crippen molar-refractivity contribution in [3.63, 3.8) is 0 Å². The average molecular weight is 389 g/mol. The molecule has 25 heavy (non-hydrogen) atoms. The van der Waals surface area contributed by atoms with E-state index in [4.69, 9.17) is 21.1 Å². The van der Waals surface area contributed by atoms with E-state index in [0.29, 0.717) is 36.4 Å². The fraction of sp³-hybridized carbons (Fsp3) is 0.571. The van der Waals surface area contributed by atoms with E-state index in [1.165, 1.54) is 12.4 Å². The van der Waals surface area contributed by atoms with Crippen molar-refractivity contribution in [1.82, 2.24) is 24.7 Å². The number of anilines is 1. The van der Waals surface area contributed by atoms with Crippen LogP contribution in [0.15, 0.2) is 18.7 Å². The van der Waals surface area contributed by atoms with Crippen molar-refractivity contribution in [3.8, 4) is 0 Å². The van der Waals surface area contributed by atoms with Crippen LogP contribution in [-0.4, -0.2) is 61.6 Å². The summed E-state index contributed by atoms with van der Waals surface area (Å²) in [5.41, 5.74) is 0. The number of methoxy groups -OCH3 is 2. The Morgan fingerprint density at radius 2 is 1.92 bits per heavy atom. The van der Waals surface area contributed by atoms with Gasteiger partial charge < -0.3 is 9.47 Å². The fourth-order valence-electron chi connectivity index (χ4n) is 2.14. The molecule has 2 rings (SSSR count). The highest BCUT2D eigenvalue weighted by molar-refractivity contribution is 7.86. The first-order valence-electron chi connectivity index (χ1n) is 7.56. The second-order valence-electron chi connectivity index (χ2n) is 5.36. The number of halogens is 1. The Morgan fingerprint density at radius 1 is 1.28 bits per heavy atom. The van der Waals surface area contributed by atoms with Gasteiger partial charge >= 0.3 is 0 Å². The lowest BCUT2D eigenvalue weighted by Gasteiger charge is -2.19. The molecule has 0 fully saturated rings. The number of nitrogens with zero attached hydrogens (tertiary/aromatic N) is 5. The Bertz CT molecular complexity index is 677. The van der Waals surface area contributed by atoms with Gasteiger partial charge in [-0.2, -0.15) is 0 Å². The van der Waals surface area contributed by atoms with Crippen LogP contribution in [0.1, 0.15) is 18.8 Å². The molecule has 2 aromatic rings. The molecule has 0 saturated heterocycles. The molecule has 2 heterocycles. The number of nitrogens with one attached hydrogen (secondary N) is 1. The van der Waals surface area contributed by atoms with Gasteiger partial charge in [-0.25, -0.2) is 14.2 Å². The quantitative estimate of drug-likeness (QED) is 0.653. The molecular weight excluding hydrogens is 368 g/mol. The van der Waals surface area contributed by atoms with Crippen LogP contribution in [0.3, 0.4) is 0 Å². The number of hydrogen-bond donors (Lipinski definition) is 1. The second kappa shape index (κ2) is 9.76. The standard InChI is InChI=1S/C14H21ClN6O3S/c1-10(4-13-16-5-11(15)6-17-13)25(22)20-14-19-18-9-21(14)12(7-23-2)8-24-3/h5-6,9-10,12H,4,7-8H2,1-3H3,(H,19,20). The Labute approximate surface area is 153 Å². The van der Waals surface area contributed by atoms with Crippen LogP contribution < -0.4 is 4.72 Å². The summed E-state index contributed by atoms with van der Waals surface area (Å²) in [6.07, 6.45) is 5.02. The zero-order valence-electron chi connectivity index (χ0n) is 14.3. The maximum Gasteiger partial charge on any atom is 0.236 e. The highest BCUT2D eigenvalue weighted by Crippen LogP contribution is 2.16. The Balaban J connectivity index is 2.02. The van der Waals surface area contributed by atoms with E-state index in [9.17, 15) is 4.21 Å². The lowest BCUT2D eigenvalue weighted by Crippen LogP contribution is -2.26. The monoisotopic (exact) mass is 388 g/mol. The van der Waals surface area contributed by atoms with Crippen LogP contribution in [0.5, 0.6) is 0 Å². The normalized spacial score (nSPS) is 13.8. The van der Waals surface area contributed by atoms with Crippen molar-refractivity contribution >= 4 is 28.5 Å². The van der Waals surface area contributed by atoms with Gasteiger partial charge in [0.15, 0.2) is 0 Å². The number of hydrogen-bond acceptors (Lipinski definition) is 7. The SMILES string of the molecule is COCC(COC)n1cnnc1NS(=O)C(C)Cc1ncc(Cl)cn1. The van der Waals surface area contributed by atoms with Crippen LogP contribution in [0.25, 0.3) is 0 Å². The minimum atomic E-state index is -1.40. The molecule has 2 unspecified atom stereocenters. The summed E-state index contributed by atoms with van der Waals surface area (Å²) in [5, 5.41) is 8.09. The lowest BCUT2D eigenvalue weighted by molar-refractivity contribution is 0.0902. The number of rotatable bonds is 10. The first kappa shape index (κ1) is 19.7. The topological polar surface area (TPSA) is 104 Å². The molecular formula is C14H21ClN6O3S. The third-order valence-electron chi connectivity index (χ3n) is 3.39. The van der Waals surface area contributed by atoms with Gasteiger partial charge in [0.05, 0.1) is 29.5 Å². The van der Waals surface area contributed by atoms with Crippen molar-refractivity contribution < 1.29 is 13.7 Å². The first-order chi connectivity index (χ1) is 12.0. The highest BCUT2D eigenvalue weighted by Gasteiger charge is 2.20. The zero-order chi connectivity index (χ0) is 18.2. The van der Waals surface area contributed by atoms with Gasteiger partial charge in [-0.05, 0) is 6.92 Å². The molecule has 138 valence electrons. The molecule has 1 N–H and O–H groups in total. The third kappa shape index (κ3) is 5.70. The van der Waals surface area contributed by atoms with Crippen LogP contribution in [0.4, 0.5) is 5.95 Å². The minimum Gasteiger partial charge on any atom is -0.382 e. The van der Waals surface area contributed by atoms with Crippen LogP contribution >= 0.6 is 11.6 Å². The van der Waals surface area contributed by atoms with E-state index in [1.54, 1.807) is 25.1 Å². The maximum absolute atomic E-state index is 12.5. The van der Waals surface area contributed by atoms with Crippen molar-refractivity contribution in [2.45, 2.75) is 24.6 Å². The van der Waals surface area contributed by atoms with Crippen LogP contribution in [-0.2, 0) is 26.9 Å². The highest BCUT2D eigenvalue weighted by atomic mass is 35.5. The summed E-state index contributed by atoms with van der Waals surface area (Å²) in [6.45, 7) is 2.67. The molecule has 11 heteroatoms. The van der Waals surface area contributed by atoms with Crippen LogP contribution in [0.2, 0.25) is 5.02 Å². The molecule has 0 aliphatic carbocycles. The molecule has 0 spiro atoms. The van der Waals surface area contributed by atoms with Gasteiger partial charge in [0.25, 0.3) is 0 Å². The largest absolute Gasteiger partial charge is 0.382 e. The van der Waals surface area contributed by atoms with E-state index < -0.39 is 11.0 Å². The van der Waals surface area contributed by atoms with Crippen molar-refractivity contribution in [2.75, 3.05) is 32.2 Å². The molecule has 0 amide bonds. The molecule has 9 nitrogen and oxygen atoms in total. The number of ether oxygens (including phenoxy) is 2. The van der Waals surface area contributed by atoms with E-state index >= 15 is 0 Å². The zero-order valence-corrected chi connectivity index (χ0v) is 15.8. The minimum absolute atomic E-state index is 0.126. The lowest BCUT2D eigenvalue weighted by atomic mass is 10.3. The van der Waals surface area contributed by atoms with Gasteiger partial charge in [-0.15, -0.1) is 10.2 Å². The second-order valence-corrected chi connectivity index (χ2v) is 7.40. The Morgan fingerprint density at radius 3 is 2.52 bits per heavy atom. The summed E-state index contributed by atoms with van der Waals surface area (Å²) in [5.74, 6) is 0.964. The molecule has 0 radical (unpaired) electrons. The van der Waals surface area contributed by atoms with Gasteiger partial charge in [0, 0.05) is 33.0 Å². The summed E-state index contributed by atoms with van der Waals surface area (Å²) < 4.78 is 27.6. The number of aromatic nitrogens is 5. The molecule has 2 aromatic heterocycles. The Hall–Kier alpha value is -1.62. The summed E-state index contributed by atoms with van der Waals surface area (Å²) in [7, 11) is 1.80. The molecule has 2 atom stereocenters. The van der Waals surface area contributed by atoms with Gasteiger partial charge in [0.1, 0.15) is 23.1 Å². The van der Waals surface area contributed by atoms with E-state index in [0.717, 1.165) is 0 Å². The van der Waals surface area contributed by atoms with E-state index in [1.807, 2.05) is 6.92 Å². The van der Waals surface area contributed by atoms with Gasteiger partial charge in [0.2, 0.25) is 5.95 Å². The predicted octanol–water partition coefficient (Wildman–Crippen LogP) is 1.26. The third-order valence-corrected chi connectivity index (χ3v) is 4.86. The Kier molecular flexibility index (Phi) is 7.69. The average Bonchev–Trinajstić information content (AvgIpc) is 3.04. The van der Waals surface area contributed by atoms with Crippen molar-refractivity contribution in [3.05, 3.63) is 29.6 Å². The van der Waals surface area contributed by atoms with Crippen molar-refractivity contribution in [1.29, 1.82) is 0 Å². The molecule has 0 bridgehead atoms. The van der Waals surface area contributed by atoms with E-state index in [2.05, 4.69) is 24.9 Å². The fourth-order valence-corrected chi connectivity index (χ4v) is 3.07. The van der Waals surface area contributed by atoms with E-state index in [-0.39, 0.29) is 11.3 Å². The summed E-state index contributed by atoms with van der Waals surface area (Å²) in [6, 6.07) is -0.126. The smallest absolute Gasteiger partial charge is 0.236 e. The predicted molar refractivity (Wildman–Crippen MR) is 94.8 cm³/mol.